The molecule has 1 fully saturated rings. The van der Waals surface area contributed by atoms with E-state index < -0.39 is 23.5 Å². The Morgan fingerprint density at radius 1 is 1.21 bits per heavy atom. The van der Waals surface area contributed by atoms with Gasteiger partial charge in [-0.1, -0.05) is 45.0 Å². The van der Waals surface area contributed by atoms with Gasteiger partial charge >= 0.3 is 0 Å². The number of carbonyl (C=O) groups excluding carboxylic acids is 3. The van der Waals surface area contributed by atoms with E-state index in [0.29, 0.717) is 12.8 Å². The van der Waals surface area contributed by atoms with E-state index in [1.807, 2.05) is 57.5 Å². The Balaban J connectivity index is 1.67. The highest BCUT2D eigenvalue weighted by Gasteiger charge is 2.43. The van der Waals surface area contributed by atoms with Crippen molar-refractivity contribution in [2.24, 2.45) is 11.3 Å². The van der Waals surface area contributed by atoms with Crippen LogP contribution in [0.25, 0.3) is 10.4 Å². The molecule has 178 valence electrons. The van der Waals surface area contributed by atoms with E-state index in [-0.39, 0.29) is 36.9 Å². The van der Waals surface area contributed by atoms with Gasteiger partial charge < -0.3 is 14.8 Å². The van der Waals surface area contributed by atoms with Crippen LogP contribution < -0.4 is 0 Å². The lowest BCUT2D eigenvalue weighted by molar-refractivity contribution is -0.145. The van der Waals surface area contributed by atoms with Crippen molar-refractivity contribution in [3.8, 4) is 10.4 Å². The molecule has 1 aliphatic heterocycles. The molecule has 3 atom stereocenters. The minimum absolute atomic E-state index is 0.0437. The van der Waals surface area contributed by atoms with Crippen molar-refractivity contribution in [2.45, 2.75) is 72.4 Å². The number of amides is 1. The molecule has 2 heterocycles. The number of thiazole rings is 1. The molecule has 0 unspecified atom stereocenters. The first-order valence-electron chi connectivity index (χ1n) is 11.5. The van der Waals surface area contributed by atoms with Gasteiger partial charge in [-0.3, -0.25) is 9.59 Å². The molecule has 6 nitrogen and oxygen atoms in total. The molecule has 0 aliphatic carbocycles. The zero-order valence-corrected chi connectivity index (χ0v) is 20.9. The fourth-order valence-electron chi connectivity index (χ4n) is 4.45. The zero-order valence-electron chi connectivity index (χ0n) is 20.1. The van der Waals surface area contributed by atoms with Crippen LogP contribution in [0.2, 0.25) is 0 Å². The Labute approximate surface area is 200 Å². The predicted octanol–water partition coefficient (Wildman–Crippen LogP) is 4.22. The van der Waals surface area contributed by atoms with Gasteiger partial charge in [-0.25, -0.2) is 4.98 Å². The molecule has 1 aromatic carbocycles. The quantitative estimate of drug-likeness (QED) is 0.624. The van der Waals surface area contributed by atoms with Crippen LogP contribution in [-0.2, 0) is 20.8 Å². The van der Waals surface area contributed by atoms with Crippen molar-refractivity contribution in [1.29, 1.82) is 0 Å². The highest BCUT2D eigenvalue weighted by atomic mass is 32.1. The lowest BCUT2D eigenvalue weighted by Crippen LogP contribution is -2.47. The van der Waals surface area contributed by atoms with Gasteiger partial charge in [0.1, 0.15) is 5.78 Å². The summed E-state index contributed by atoms with van der Waals surface area (Å²) in [5, 5.41) is 10.2. The molecule has 1 saturated heterocycles. The van der Waals surface area contributed by atoms with E-state index in [0.717, 1.165) is 21.7 Å². The van der Waals surface area contributed by atoms with Crippen molar-refractivity contribution in [3.05, 3.63) is 41.0 Å². The highest BCUT2D eigenvalue weighted by Crippen LogP contribution is 2.34. The van der Waals surface area contributed by atoms with Gasteiger partial charge in [0.2, 0.25) is 5.91 Å². The van der Waals surface area contributed by atoms with Crippen LogP contribution in [0.5, 0.6) is 0 Å². The summed E-state index contributed by atoms with van der Waals surface area (Å²) in [6.07, 6.45) is 0.549. The van der Waals surface area contributed by atoms with Gasteiger partial charge in [0, 0.05) is 31.7 Å². The maximum atomic E-state index is 13.3. The maximum Gasteiger partial charge on any atom is 0.227 e. The number of aliphatic hydroxyl groups is 1. The molecule has 0 radical (unpaired) electrons. The van der Waals surface area contributed by atoms with Crippen LogP contribution >= 0.6 is 11.3 Å². The number of hydrogen-bond acceptors (Lipinski definition) is 6. The van der Waals surface area contributed by atoms with Crippen molar-refractivity contribution in [3.63, 3.8) is 0 Å². The van der Waals surface area contributed by atoms with Crippen LogP contribution in [0.1, 0.15) is 58.2 Å². The number of benzene rings is 1. The Morgan fingerprint density at radius 3 is 2.42 bits per heavy atom. The Kier molecular flexibility index (Phi) is 7.85. The van der Waals surface area contributed by atoms with Gasteiger partial charge in [-0.2, -0.15) is 0 Å². The van der Waals surface area contributed by atoms with E-state index in [4.69, 9.17) is 0 Å². The molecule has 7 heteroatoms. The number of aliphatic hydroxyl groups excluding tert-OH is 1. The van der Waals surface area contributed by atoms with E-state index in [9.17, 15) is 19.5 Å². The molecule has 0 bridgehead atoms. The van der Waals surface area contributed by atoms with Crippen molar-refractivity contribution >= 4 is 28.8 Å². The third-order valence-electron chi connectivity index (χ3n) is 6.39. The summed E-state index contributed by atoms with van der Waals surface area (Å²) in [6.45, 7) is 9.40. The summed E-state index contributed by atoms with van der Waals surface area (Å²) in [7, 11) is 0. The second-order valence-corrected chi connectivity index (χ2v) is 11.0. The van der Waals surface area contributed by atoms with Crippen LogP contribution in [0.4, 0.5) is 0 Å². The van der Waals surface area contributed by atoms with E-state index >= 15 is 0 Å². The molecule has 3 rings (SSSR count). The largest absolute Gasteiger partial charge is 0.391 e. The summed E-state index contributed by atoms with van der Waals surface area (Å²) in [5.74, 6) is -0.823. The number of nitrogens with zero attached hydrogens (tertiary/aromatic N) is 2. The Bertz CT molecular complexity index is 1010. The molecule has 2 aromatic rings. The molecule has 1 aromatic heterocycles. The molecule has 0 spiro atoms. The van der Waals surface area contributed by atoms with Gasteiger partial charge in [0.15, 0.2) is 5.78 Å². The van der Waals surface area contributed by atoms with E-state index in [1.54, 1.807) is 11.3 Å². The number of aromatic nitrogens is 1. The summed E-state index contributed by atoms with van der Waals surface area (Å²) < 4.78 is 0. The molecule has 1 aliphatic rings. The van der Waals surface area contributed by atoms with E-state index in [2.05, 4.69) is 4.98 Å². The molecule has 33 heavy (non-hydrogen) atoms. The monoisotopic (exact) mass is 470 g/mol. The molecule has 0 saturated carbocycles. The minimum atomic E-state index is -0.720. The normalized spacial score (nSPS) is 19.5. The first kappa shape index (κ1) is 25.2. The maximum absolute atomic E-state index is 13.3. The van der Waals surface area contributed by atoms with Crippen LogP contribution in [0.3, 0.4) is 0 Å². The predicted molar refractivity (Wildman–Crippen MR) is 130 cm³/mol. The SMILES string of the molecule is CC(=O)C[C@H](C(=O)N1C[C@H](O)C[C@H]1C(=O)CCc1ccc(-c2scnc2C)cc1)C(C)(C)C. The lowest BCUT2D eigenvalue weighted by Gasteiger charge is -2.34. The average Bonchev–Trinajstić information content (AvgIpc) is 3.35. The summed E-state index contributed by atoms with van der Waals surface area (Å²) in [6, 6.07) is 7.51. The topological polar surface area (TPSA) is 87.6 Å². The Hall–Kier alpha value is -2.38. The van der Waals surface area contributed by atoms with Gasteiger partial charge in [-0.15, -0.1) is 11.3 Å². The second kappa shape index (κ2) is 10.3. The minimum Gasteiger partial charge on any atom is -0.391 e. The molecule has 1 N–H and O–H groups in total. The number of rotatable bonds is 8. The van der Waals surface area contributed by atoms with Crippen molar-refractivity contribution in [1.82, 2.24) is 9.88 Å². The number of hydrogen-bond donors (Lipinski definition) is 1. The van der Waals surface area contributed by atoms with Crippen molar-refractivity contribution < 1.29 is 19.5 Å². The number of ketones is 2. The molecular formula is C26H34N2O4S. The summed E-state index contributed by atoms with van der Waals surface area (Å²) in [4.78, 5) is 45.2. The smallest absolute Gasteiger partial charge is 0.227 e. The second-order valence-electron chi connectivity index (χ2n) is 10.2. The zero-order chi connectivity index (χ0) is 24.3. The van der Waals surface area contributed by atoms with Crippen LogP contribution in [0, 0.1) is 18.3 Å². The van der Waals surface area contributed by atoms with Crippen LogP contribution in [-0.4, -0.2) is 51.2 Å². The first-order valence-corrected chi connectivity index (χ1v) is 12.4. The first-order chi connectivity index (χ1) is 15.5. The summed E-state index contributed by atoms with van der Waals surface area (Å²) in [5.41, 5.74) is 4.59. The van der Waals surface area contributed by atoms with Crippen LogP contribution in [0.15, 0.2) is 29.8 Å². The number of likely N-dealkylation sites (tertiary alicyclic amines) is 1. The van der Waals surface area contributed by atoms with Crippen molar-refractivity contribution in [2.75, 3.05) is 6.54 Å². The van der Waals surface area contributed by atoms with Gasteiger partial charge in [0.05, 0.1) is 28.2 Å². The fraction of sp³-hybridized carbons (Fsp3) is 0.538. The highest BCUT2D eigenvalue weighted by molar-refractivity contribution is 7.13. The number of carbonyl (C=O) groups is 3. The number of β-amino-alcohol motifs (C(OH)–C–C–N with tert-alkyl or cyclic N) is 1. The third-order valence-corrected chi connectivity index (χ3v) is 7.37. The summed E-state index contributed by atoms with van der Waals surface area (Å²) >= 11 is 1.61. The molecular weight excluding hydrogens is 436 g/mol. The fourth-order valence-corrected chi connectivity index (χ4v) is 5.26. The third kappa shape index (κ3) is 6.15. The average molecular weight is 471 g/mol. The standard InChI is InChI=1S/C26H34N2O4S/c1-16(29)12-21(26(3,4)5)25(32)28-14-20(30)13-22(28)23(31)11-8-18-6-9-19(10-7-18)24-17(2)27-15-33-24/h6-7,9-10,15,20-22,30H,8,11-14H2,1-5H3/t20-,21-,22+/m1/s1. The Morgan fingerprint density at radius 2 is 1.88 bits per heavy atom. The number of aryl methyl sites for hydroxylation is 2. The van der Waals surface area contributed by atoms with Gasteiger partial charge in [0.25, 0.3) is 0 Å². The molecule has 1 amide bonds. The van der Waals surface area contributed by atoms with Gasteiger partial charge in [-0.05, 0) is 36.8 Å². The van der Waals surface area contributed by atoms with E-state index in [1.165, 1.54) is 11.8 Å². The lowest BCUT2D eigenvalue weighted by atomic mass is 9.77. The number of Topliss-reactive ketones (excluding diaryl/α,β-unsaturated/α-hetero) is 2.